The fourth-order valence-corrected chi connectivity index (χ4v) is 6.82. The molecule has 0 aliphatic carbocycles. The van der Waals surface area contributed by atoms with Crippen LogP contribution < -0.4 is 0 Å². The summed E-state index contributed by atoms with van der Waals surface area (Å²) in [4.78, 5) is 0. The van der Waals surface area contributed by atoms with E-state index in [0.29, 0.717) is 0 Å². The molecule has 0 amide bonds. The predicted octanol–water partition coefficient (Wildman–Crippen LogP) is 4.38. The highest BCUT2D eigenvalue weighted by Crippen LogP contribution is 2.46. The van der Waals surface area contributed by atoms with Gasteiger partial charge in [-0.3, -0.25) is 0 Å². The van der Waals surface area contributed by atoms with Gasteiger partial charge in [0, 0.05) is 11.5 Å². The van der Waals surface area contributed by atoms with Gasteiger partial charge in [0.25, 0.3) is 0 Å². The minimum Gasteiger partial charge on any atom is -0.0769 e. The number of fused-ring (bicyclic) bond motifs is 7. The van der Waals surface area contributed by atoms with Crippen LogP contribution >= 0.6 is 41.2 Å². The molecule has 64 valence electrons. The second-order valence-electron chi connectivity index (χ2n) is 2.48. The van der Waals surface area contributed by atoms with Gasteiger partial charge in [-0.1, -0.05) is 45.9 Å². The zero-order valence-electron chi connectivity index (χ0n) is 6.36. The summed E-state index contributed by atoms with van der Waals surface area (Å²) in [7, 11) is 7.61. The molecule has 0 aromatic heterocycles. The van der Waals surface area contributed by atoms with E-state index in [2.05, 4.69) is 24.3 Å². The van der Waals surface area contributed by atoms with Gasteiger partial charge in [-0.05, 0) is 30.8 Å². The minimum absolute atomic E-state index is 1.12. The second kappa shape index (κ2) is 4.74. The Morgan fingerprint density at radius 3 is 1.58 bits per heavy atom. The van der Waals surface area contributed by atoms with E-state index < -0.39 is 0 Å². The van der Waals surface area contributed by atoms with Gasteiger partial charge in [0.15, 0.2) is 0 Å². The Hall–Kier alpha value is 0.620. The zero-order valence-corrected chi connectivity index (χ0v) is 9.62. The van der Waals surface area contributed by atoms with Crippen LogP contribution in [0.5, 0.6) is 0 Å². The first-order chi connectivity index (χ1) is 5.95. The topological polar surface area (TPSA) is 0 Å². The van der Waals surface area contributed by atoms with E-state index in [4.69, 9.17) is 0 Å². The smallest absolute Gasteiger partial charge is 0.0297 e. The molecular formula is C8H8S4. The van der Waals surface area contributed by atoms with Crippen molar-refractivity contribution >= 4 is 41.2 Å². The van der Waals surface area contributed by atoms with Crippen molar-refractivity contribution in [1.29, 1.82) is 0 Å². The molecule has 4 heteroatoms. The molecule has 0 nitrogen and oxygen atoms in total. The van der Waals surface area contributed by atoms with Crippen molar-refractivity contribution in [3.05, 3.63) is 35.4 Å². The highest BCUT2D eigenvalue weighted by molar-refractivity contribution is 9.25. The van der Waals surface area contributed by atoms with Crippen LogP contribution in [0.1, 0.15) is 11.1 Å². The maximum Gasteiger partial charge on any atom is 0.0297 e. The van der Waals surface area contributed by atoms with Crippen LogP contribution in [0.15, 0.2) is 24.3 Å². The normalized spacial score (nSPS) is 17.7. The summed E-state index contributed by atoms with van der Waals surface area (Å²) in [5, 5.41) is 0. The Balaban J connectivity index is 2.19. The summed E-state index contributed by atoms with van der Waals surface area (Å²) in [6, 6.07) is 8.94. The molecular weight excluding hydrogens is 224 g/mol. The van der Waals surface area contributed by atoms with Crippen molar-refractivity contribution in [1.82, 2.24) is 0 Å². The Kier molecular flexibility index (Phi) is 3.63. The summed E-state index contributed by atoms with van der Waals surface area (Å²) < 4.78 is 0. The Bertz CT molecular complexity index is 217. The number of benzene rings is 1. The molecule has 0 saturated carbocycles. The van der Waals surface area contributed by atoms with Crippen molar-refractivity contribution in [2.24, 2.45) is 0 Å². The molecule has 0 spiro atoms. The fourth-order valence-electron chi connectivity index (χ4n) is 0.955. The lowest BCUT2D eigenvalue weighted by molar-refractivity contribution is 1.35. The maximum absolute atomic E-state index is 2.24. The van der Waals surface area contributed by atoms with Crippen molar-refractivity contribution in [2.45, 2.75) is 11.5 Å². The molecule has 1 aromatic rings. The van der Waals surface area contributed by atoms with E-state index in [1.54, 1.807) is 0 Å². The van der Waals surface area contributed by atoms with E-state index >= 15 is 0 Å². The first kappa shape index (κ1) is 9.19. The molecule has 2 aliphatic rings. The summed E-state index contributed by atoms with van der Waals surface area (Å²) >= 11 is 0. The third-order valence-corrected chi connectivity index (χ3v) is 7.93. The highest BCUT2D eigenvalue weighted by atomic mass is 33.7. The van der Waals surface area contributed by atoms with Gasteiger partial charge in [-0.25, -0.2) is 0 Å². The van der Waals surface area contributed by atoms with Gasteiger partial charge in [0.05, 0.1) is 0 Å². The average Bonchev–Trinajstić information content (AvgIpc) is 2.16. The van der Waals surface area contributed by atoms with Crippen molar-refractivity contribution in [2.75, 3.05) is 0 Å². The van der Waals surface area contributed by atoms with Crippen LogP contribution in [0.2, 0.25) is 0 Å². The van der Waals surface area contributed by atoms with Gasteiger partial charge >= 0.3 is 0 Å². The summed E-state index contributed by atoms with van der Waals surface area (Å²) in [5.41, 5.74) is 2.87. The van der Waals surface area contributed by atoms with Crippen LogP contribution in [0, 0.1) is 0 Å². The summed E-state index contributed by atoms with van der Waals surface area (Å²) in [6.07, 6.45) is 0. The van der Waals surface area contributed by atoms with Gasteiger partial charge in [-0.15, -0.1) is 0 Å². The van der Waals surface area contributed by atoms with Crippen LogP contribution in [-0.2, 0) is 11.5 Å². The lowest BCUT2D eigenvalue weighted by Gasteiger charge is -2.06. The average molecular weight is 232 g/mol. The van der Waals surface area contributed by atoms with E-state index in [1.165, 1.54) is 11.1 Å². The molecule has 0 saturated heterocycles. The largest absolute Gasteiger partial charge is 0.0769 e. The number of rotatable bonds is 0. The quantitative estimate of drug-likeness (QED) is 0.609. The molecule has 0 radical (unpaired) electrons. The molecule has 0 fully saturated rings. The molecule has 0 atom stereocenters. The Morgan fingerprint density at radius 2 is 1.17 bits per heavy atom. The van der Waals surface area contributed by atoms with Crippen LogP contribution in [0.25, 0.3) is 0 Å². The fraction of sp³-hybridized carbons (Fsp3) is 0.250. The molecule has 0 unspecified atom stereocenters. The molecule has 1 aromatic carbocycles. The van der Waals surface area contributed by atoms with Crippen molar-refractivity contribution in [3.8, 4) is 0 Å². The first-order valence-corrected chi connectivity index (χ1v) is 8.76. The molecule has 12 heavy (non-hydrogen) atoms. The van der Waals surface area contributed by atoms with E-state index in [1.807, 2.05) is 41.2 Å². The summed E-state index contributed by atoms with van der Waals surface area (Å²) in [6.45, 7) is 0. The Morgan fingerprint density at radius 1 is 0.750 bits per heavy atom. The van der Waals surface area contributed by atoms with E-state index in [-0.39, 0.29) is 0 Å². The molecule has 2 heterocycles. The van der Waals surface area contributed by atoms with Crippen molar-refractivity contribution < 1.29 is 0 Å². The lowest BCUT2D eigenvalue weighted by Crippen LogP contribution is -1.83. The second-order valence-corrected chi connectivity index (χ2v) is 8.48. The third kappa shape index (κ3) is 2.55. The van der Waals surface area contributed by atoms with E-state index in [9.17, 15) is 0 Å². The van der Waals surface area contributed by atoms with Crippen LogP contribution in [-0.4, -0.2) is 0 Å². The van der Waals surface area contributed by atoms with E-state index in [0.717, 1.165) is 11.5 Å². The molecule has 2 aliphatic heterocycles. The Labute approximate surface area is 87.8 Å². The minimum atomic E-state index is 1.12. The van der Waals surface area contributed by atoms with Gasteiger partial charge in [0.2, 0.25) is 0 Å². The first-order valence-electron chi connectivity index (χ1n) is 3.61. The lowest BCUT2D eigenvalue weighted by atomic mass is 10.2. The van der Waals surface area contributed by atoms with Crippen LogP contribution in [0.4, 0.5) is 0 Å². The van der Waals surface area contributed by atoms with Gasteiger partial charge in [0.1, 0.15) is 0 Å². The maximum atomic E-state index is 2.24. The number of hydrogen-bond donors (Lipinski definition) is 0. The third-order valence-electron chi connectivity index (χ3n) is 1.60. The van der Waals surface area contributed by atoms with Crippen LogP contribution in [0.3, 0.4) is 0 Å². The monoisotopic (exact) mass is 232 g/mol. The SMILES string of the molecule is c1cc2ccc1CSSSSC2. The summed E-state index contributed by atoms with van der Waals surface area (Å²) in [5.74, 6) is 2.25. The van der Waals surface area contributed by atoms with Gasteiger partial charge in [-0.2, -0.15) is 0 Å². The number of hydrogen-bond acceptors (Lipinski definition) is 4. The van der Waals surface area contributed by atoms with Crippen molar-refractivity contribution in [3.63, 3.8) is 0 Å². The molecule has 3 rings (SSSR count). The molecule has 2 bridgehead atoms. The highest BCUT2D eigenvalue weighted by Gasteiger charge is 2.01. The predicted molar refractivity (Wildman–Crippen MR) is 64.2 cm³/mol. The standard InChI is InChI=1S/C8H8S4/c1-2-8-4-3-7(1)5-9-11-12-10-6-8/h1-4H,5-6H2. The van der Waals surface area contributed by atoms with Gasteiger partial charge < -0.3 is 0 Å². The zero-order chi connectivity index (χ0) is 8.23. The molecule has 0 N–H and O–H groups in total.